The van der Waals surface area contributed by atoms with E-state index in [1.807, 2.05) is 38.4 Å². The Bertz CT molecular complexity index is 557. The molecule has 0 N–H and O–H groups in total. The summed E-state index contributed by atoms with van der Waals surface area (Å²) in [6, 6.07) is 9.94. The van der Waals surface area contributed by atoms with Crippen LogP contribution in [0.1, 0.15) is 11.1 Å². The molecular weight excluding hydrogens is 312 g/mol. The van der Waals surface area contributed by atoms with Gasteiger partial charge < -0.3 is 4.90 Å². The number of benzene rings is 1. The van der Waals surface area contributed by atoms with E-state index in [1.165, 1.54) is 5.56 Å². The summed E-state index contributed by atoms with van der Waals surface area (Å²) in [5, 5.41) is 0.761. The number of pyridine rings is 1. The normalized spacial score (nSPS) is 10.4. The molecular formula is C14H14BrClN2. The zero-order chi connectivity index (χ0) is 13.1. The van der Waals surface area contributed by atoms with Gasteiger partial charge in [-0.2, -0.15) is 0 Å². The Morgan fingerprint density at radius 1 is 1.33 bits per heavy atom. The highest BCUT2D eigenvalue weighted by molar-refractivity contribution is 9.10. The van der Waals surface area contributed by atoms with Crippen molar-refractivity contribution in [3.05, 3.63) is 57.2 Å². The van der Waals surface area contributed by atoms with Crippen molar-refractivity contribution in [2.24, 2.45) is 0 Å². The molecule has 2 aromatic rings. The fourth-order valence-electron chi connectivity index (χ4n) is 1.79. The first-order valence-corrected chi connectivity index (χ1v) is 6.81. The first kappa shape index (κ1) is 13.4. The lowest BCUT2D eigenvalue weighted by Gasteiger charge is -2.19. The van der Waals surface area contributed by atoms with Crippen molar-refractivity contribution in [1.82, 2.24) is 4.98 Å². The van der Waals surface area contributed by atoms with Crippen molar-refractivity contribution in [1.29, 1.82) is 0 Å². The molecule has 94 valence electrons. The average Bonchev–Trinajstić information content (AvgIpc) is 2.28. The highest BCUT2D eigenvalue weighted by Crippen LogP contribution is 2.25. The van der Waals surface area contributed by atoms with Crippen LogP contribution in [0, 0.1) is 6.92 Å². The van der Waals surface area contributed by atoms with Gasteiger partial charge in [0, 0.05) is 24.8 Å². The minimum atomic E-state index is 0.761. The second-order valence-electron chi connectivity index (χ2n) is 4.30. The molecule has 1 aromatic carbocycles. The largest absolute Gasteiger partial charge is 0.354 e. The van der Waals surface area contributed by atoms with Crippen molar-refractivity contribution in [2.45, 2.75) is 13.5 Å². The minimum Gasteiger partial charge on any atom is -0.354 e. The molecule has 0 spiro atoms. The van der Waals surface area contributed by atoms with Crippen LogP contribution >= 0.6 is 27.5 Å². The van der Waals surface area contributed by atoms with Crippen molar-refractivity contribution >= 4 is 33.3 Å². The second-order valence-corrected chi connectivity index (χ2v) is 5.59. The molecule has 0 fully saturated rings. The quantitative estimate of drug-likeness (QED) is 0.829. The number of nitrogens with zero attached hydrogens (tertiary/aromatic N) is 2. The number of hydrogen-bond donors (Lipinski definition) is 0. The molecule has 4 heteroatoms. The van der Waals surface area contributed by atoms with Crippen molar-refractivity contribution < 1.29 is 0 Å². The predicted molar refractivity (Wildman–Crippen MR) is 80.2 cm³/mol. The van der Waals surface area contributed by atoms with Gasteiger partial charge in [-0.3, -0.25) is 0 Å². The van der Waals surface area contributed by atoms with E-state index in [2.05, 4.69) is 37.9 Å². The Hall–Kier alpha value is -1.06. The van der Waals surface area contributed by atoms with Crippen LogP contribution in [0.4, 0.5) is 5.82 Å². The van der Waals surface area contributed by atoms with E-state index in [0.29, 0.717) is 0 Å². The monoisotopic (exact) mass is 324 g/mol. The summed E-state index contributed by atoms with van der Waals surface area (Å²) in [5.41, 5.74) is 2.31. The van der Waals surface area contributed by atoms with E-state index >= 15 is 0 Å². The van der Waals surface area contributed by atoms with Crippen LogP contribution < -0.4 is 4.90 Å². The third kappa shape index (κ3) is 3.24. The van der Waals surface area contributed by atoms with Gasteiger partial charge in [0.25, 0.3) is 0 Å². The molecule has 0 saturated heterocycles. The Labute approximate surface area is 121 Å². The van der Waals surface area contributed by atoms with Gasteiger partial charge in [0.15, 0.2) is 0 Å². The molecule has 18 heavy (non-hydrogen) atoms. The van der Waals surface area contributed by atoms with Crippen LogP contribution in [0.15, 0.2) is 41.0 Å². The molecule has 0 aliphatic carbocycles. The predicted octanol–water partition coefficient (Wildman–Crippen LogP) is 4.44. The van der Waals surface area contributed by atoms with E-state index in [-0.39, 0.29) is 0 Å². The summed E-state index contributed by atoms with van der Waals surface area (Å²) in [7, 11) is 2.02. The molecule has 0 unspecified atom stereocenters. The standard InChI is InChI=1S/C14H14BrClN2/c1-10-6-13(15)14(17-8-10)18(2)9-11-4-3-5-12(16)7-11/h3-8H,9H2,1-2H3. The summed E-state index contributed by atoms with van der Waals surface area (Å²) >= 11 is 9.53. The van der Waals surface area contributed by atoms with Gasteiger partial charge in [-0.05, 0) is 52.2 Å². The van der Waals surface area contributed by atoms with Crippen molar-refractivity contribution in [2.75, 3.05) is 11.9 Å². The van der Waals surface area contributed by atoms with Gasteiger partial charge >= 0.3 is 0 Å². The highest BCUT2D eigenvalue weighted by Gasteiger charge is 2.08. The minimum absolute atomic E-state index is 0.761. The number of aryl methyl sites for hydroxylation is 1. The maximum atomic E-state index is 5.98. The maximum Gasteiger partial charge on any atom is 0.142 e. The summed E-state index contributed by atoms with van der Waals surface area (Å²) < 4.78 is 1.01. The Balaban J connectivity index is 2.19. The third-order valence-corrected chi connectivity index (χ3v) is 3.45. The Morgan fingerprint density at radius 2 is 2.11 bits per heavy atom. The fourth-order valence-corrected chi connectivity index (χ4v) is 2.77. The Morgan fingerprint density at radius 3 is 2.78 bits per heavy atom. The van der Waals surface area contributed by atoms with Gasteiger partial charge in [-0.25, -0.2) is 4.98 Å². The maximum absolute atomic E-state index is 5.98. The van der Waals surface area contributed by atoms with Gasteiger partial charge in [0.2, 0.25) is 0 Å². The van der Waals surface area contributed by atoms with Crippen LogP contribution in [0.3, 0.4) is 0 Å². The third-order valence-electron chi connectivity index (χ3n) is 2.63. The van der Waals surface area contributed by atoms with E-state index in [0.717, 1.165) is 27.4 Å². The fraction of sp³-hybridized carbons (Fsp3) is 0.214. The topological polar surface area (TPSA) is 16.1 Å². The molecule has 1 heterocycles. The van der Waals surface area contributed by atoms with Gasteiger partial charge in [0.1, 0.15) is 5.82 Å². The van der Waals surface area contributed by atoms with Gasteiger partial charge in [-0.1, -0.05) is 23.7 Å². The van der Waals surface area contributed by atoms with Crippen LogP contribution in [-0.2, 0) is 6.54 Å². The molecule has 0 aliphatic rings. The molecule has 0 amide bonds. The smallest absolute Gasteiger partial charge is 0.142 e. The van der Waals surface area contributed by atoms with Crippen LogP contribution in [0.5, 0.6) is 0 Å². The molecule has 2 rings (SSSR count). The van der Waals surface area contributed by atoms with E-state index < -0.39 is 0 Å². The van der Waals surface area contributed by atoms with Crippen molar-refractivity contribution in [3.63, 3.8) is 0 Å². The summed E-state index contributed by atoms with van der Waals surface area (Å²) in [6.45, 7) is 2.80. The number of rotatable bonds is 3. The number of anilines is 1. The van der Waals surface area contributed by atoms with Crippen LogP contribution in [0.25, 0.3) is 0 Å². The zero-order valence-corrected chi connectivity index (χ0v) is 12.7. The van der Waals surface area contributed by atoms with Crippen LogP contribution in [-0.4, -0.2) is 12.0 Å². The molecule has 1 aromatic heterocycles. The number of halogens is 2. The highest BCUT2D eigenvalue weighted by atomic mass is 79.9. The van der Waals surface area contributed by atoms with Gasteiger partial charge in [0.05, 0.1) is 4.47 Å². The first-order valence-electron chi connectivity index (χ1n) is 5.64. The lowest BCUT2D eigenvalue weighted by molar-refractivity contribution is 0.892. The number of aromatic nitrogens is 1. The van der Waals surface area contributed by atoms with Crippen LogP contribution in [0.2, 0.25) is 5.02 Å². The SMILES string of the molecule is Cc1cnc(N(C)Cc2cccc(Cl)c2)c(Br)c1. The zero-order valence-electron chi connectivity index (χ0n) is 10.3. The van der Waals surface area contributed by atoms with E-state index in [1.54, 1.807) is 0 Å². The summed E-state index contributed by atoms with van der Waals surface area (Å²) in [4.78, 5) is 6.53. The first-order chi connectivity index (χ1) is 8.56. The second kappa shape index (κ2) is 5.72. The lowest BCUT2D eigenvalue weighted by Crippen LogP contribution is -2.18. The molecule has 0 bridgehead atoms. The van der Waals surface area contributed by atoms with E-state index in [9.17, 15) is 0 Å². The summed E-state index contributed by atoms with van der Waals surface area (Å²) in [6.07, 6.45) is 1.87. The average molecular weight is 326 g/mol. The summed E-state index contributed by atoms with van der Waals surface area (Å²) in [5.74, 6) is 0.931. The molecule has 0 saturated carbocycles. The molecule has 0 radical (unpaired) electrons. The van der Waals surface area contributed by atoms with E-state index in [4.69, 9.17) is 11.6 Å². The molecule has 0 atom stereocenters. The lowest BCUT2D eigenvalue weighted by atomic mass is 10.2. The Kier molecular flexibility index (Phi) is 4.25. The van der Waals surface area contributed by atoms with Crippen molar-refractivity contribution in [3.8, 4) is 0 Å². The van der Waals surface area contributed by atoms with Gasteiger partial charge in [-0.15, -0.1) is 0 Å². The molecule has 0 aliphatic heterocycles. The number of hydrogen-bond acceptors (Lipinski definition) is 2. The molecule has 2 nitrogen and oxygen atoms in total.